The molecule has 7 nitrogen and oxygen atoms in total. The number of rotatable bonds is 4. The van der Waals surface area contributed by atoms with Gasteiger partial charge in [-0.15, -0.1) is 22.7 Å². The fraction of sp³-hybridized carbons (Fsp3) is 0.421. The third kappa shape index (κ3) is 3.57. The Bertz CT molecular complexity index is 1020. The topological polar surface area (TPSA) is 78.5 Å². The number of aromatic amines is 1. The van der Waals surface area contributed by atoms with Crippen LogP contribution in [0.4, 0.5) is 4.79 Å². The summed E-state index contributed by atoms with van der Waals surface area (Å²) in [7, 11) is 0. The minimum Gasteiger partial charge on any atom is -0.450 e. The molecule has 1 fully saturated rings. The Hall–Kier alpha value is -2.23. The van der Waals surface area contributed by atoms with Crippen LogP contribution in [0.15, 0.2) is 27.7 Å². The number of ether oxygens (including phenoxy) is 1. The first-order chi connectivity index (χ1) is 13.6. The lowest BCUT2D eigenvalue weighted by Crippen LogP contribution is -2.49. The highest BCUT2D eigenvalue weighted by Crippen LogP contribution is 2.34. The Morgan fingerprint density at radius 3 is 2.79 bits per heavy atom. The highest BCUT2D eigenvalue weighted by Gasteiger charge is 2.27. The van der Waals surface area contributed by atoms with E-state index in [4.69, 9.17) is 9.72 Å². The lowest BCUT2D eigenvalue weighted by Gasteiger charge is -2.36. The maximum absolute atomic E-state index is 12.8. The molecule has 1 aliphatic rings. The number of thiophene rings is 2. The van der Waals surface area contributed by atoms with Crippen molar-refractivity contribution in [2.24, 2.45) is 0 Å². The first-order valence-electron chi connectivity index (χ1n) is 9.29. The van der Waals surface area contributed by atoms with Gasteiger partial charge in [0.15, 0.2) is 0 Å². The molecule has 0 bridgehead atoms. The molecule has 1 aliphatic heterocycles. The van der Waals surface area contributed by atoms with E-state index in [0.29, 0.717) is 44.0 Å². The van der Waals surface area contributed by atoms with Crippen molar-refractivity contribution in [3.05, 3.63) is 39.1 Å². The number of fused-ring (bicyclic) bond motifs is 1. The van der Waals surface area contributed by atoms with E-state index in [2.05, 4.69) is 9.88 Å². The number of carbonyl (C=O) groups excluding carboxylic acids is 1. The summed E-state index contributed by atoms with van der Waals surface area (Å²) < 4.78 is 5.07. The zero-order valence-corrected chi connectivity index (χ0v) is 17.4. The van der Waals surface area contributed by atoms with Crippen molar-refractivity contribution < 1.29 is 9.53 Å². The normalized spacial score (nSPS) is 16.4. The summed E-state index contributed by atoms with van der Waals surface area (Å²) in [4.78, 5) is 38.2. The van der Waals surface area contributed by atoms with Gasteiger partial charge in [-0.3, -0.25) is 9.69 Å². The fourth-order valence-corrected chi connectivity index (χ4v) is 5.23. The Labute approximate surface area is 170 Å². The third-order valence-corrected chi connectivity index (χ3v) is 6.81. The molecule has 9 heteroatoms. The molecule has 4 rings (SSSR count). The van der Waals surface area contributed by atoms with Crippen LogP contribution in [0.1, 0.15) is 25.7 Å². The van der Waals surface area contributed by atoms with Gasteiger partial charge in [0.25, 0.3) is 5.56 Å². The first kappa shape index (κ1) is 19.1. The van der Waals surface area contributed by atoms with E-state index in [9.17, 15) is 9.59 Å². The van der Waals surface area contributed by atoms with Crippen LogP contribution in [-0.2, 0) is 4.74 Å². The summed E-state index contributed by atoms with van der Waals surface area (Å²) in [5.74, 6) is 0.668. The molecule has 0 aliphatic carbocycles. The van der Waals surface area contributed by atoms with Gasteiger partial charge < -0.3 is 14.6 Å². The second-order valence-electron chi connectivity index (χ2n) is 6.66. The van der Waals surface area contributed by atoms with Crippen LogP contribution in [0.2, 0.25) is 0 Å². The molecule has 0 saturated carbocycles. The van der Waals surface area contributed by atoms with Gasteiger partial charge in [0.1, 0.15) is 10.7 Å². The SMILES string of the molecule is CCOC(=O)N1CCN([C@@H](C)c2nc3scc(-c4cccs4)c3c(=O)[nH]2)CC1. The molecule has 0 spiro atoms. The zero-order valence-electron chi connectivity index (χ0n) is 15.8. The maximum atomic E-state index is 12.8. The van der Waals surface area contributed by atoms with Gasteiger partial charge in [-0.1, -0.05) is 6.07 Å². The summed E-state index contributed by atoms with van der Waals surface area (Å²) >= 11 is 3.12. The Kier molecular flexibility index (Phi) is 5.47. The van der Waals surface area contributed by atoms with Gasteiger partial charge >= 0.3 is 6.09 Å². The van der Waals surface area contributed by atoms with Crippen molar-refractivity contribution in [1.29, 1.82) is 0 Å². The number of carbonyl (C=O) groups is 1. The molecule has 1 atom stereocenters. The fourth-order valence-electron chi connectivity index (χ4n) is 3.46. The second kappa shape index (κ2) is 8.02. The Morgan fingerprint density at radius 1 is 1.32 bits per heavy atom. The molecule has 1 amide bonds. The molecule has 1 N–H and O–H groups in total. The molecule has 1 saturated heterocycles. The van der Waals surface area contributed by atoms with Gasteiger partial charge in [0.2, 0.25) is 0 Å². The molecule has 28 heavy (non-hydrogen) atoms. The number of nitrogens with one attached hydrogen (secondary N) is 1. The monoisotopic (exact) mass is 418 g/mol. The number of amides is 1. The number of nitrogens with zero attached hydrogens (tertiary/aromatic N) is 3. The minimum absolute atomic E-state index is 0.0336. The van der Waals surface area contributed by atoms with Crippen LogP contribution in [0.5, 0.6) is 0 Å². The van der Waals surface area contributed by atoms with E-state index < -0.39 is 0 Å². The van der Waals surface area contributed by atoms with Crippen LogP contribution in [-0.4, -0.2) is 58.6 Å². The molecule has 3 aromatic heterocycles. The van der Waals surface area contributed by atoms with Gasteiger partial charge in [-0.2, -0.15) is 0 Å². The number of hydrogen-bond acceptors (Lipinski definition) is 7. The predicted octanol–water partition coefficient (Wildman–Crippen LogP) is 3.55. The lowest BCUT2D eigenvalue weighted by molar-refractivity contribution is 0.0673. The standard InChI is InChI=1S/C19H22N4O3S2/c1-3-26-19(25)23-8-6-22(7-9-23)12(2)16-20-17(24)15-13(11-28-18(15)21-16)14-5-4-10-27-14/h4-5,10-12H,3,6-9H2,1-2H3,(H,20,21,24)/t12-/m0/s1. The van der Waals surface area contributed by atoms with Crippen LogP contribution in [0.25, 0.3) is 20.7 Å². The van der Waals surface area contributed by atoms with Crippen molar-refractivity contribution in [3.8, 4) is 10.4 Å². The van der Waals surface area contributed by atoms with E-state index in [1.54, 1.807) is 16.2 Å². The molecule has 0 aromatic carbocycles. The second-order valence-corrected chi connectivity index (χ2v) is 8.46. The maximum Gasteiger partial charge on any atom is 0.409 e. The number of piperazine rings is 1. The smallest absolute Gasteiger partial charge is 0.409 e. The van der Waals surface area contributed by atoms with Gasteiger partial charge in [0, 0.05) is 42.0 Å². The quantitative estimate of drug-likeness (QED) is 0.701. The van der Waals surface area contributed by atoms with E-state index in [1.807, 2.05) is 36.7 Å². The summed E-state index contributed by atoms with van der Waals surface area (Å²) in [5.41, 5.74) is 0.854. The van der Waals surface area contributed by atoms with Crippen LogP contribution < -0.4 is 5.56 Å². The summed E-state index contributed by atoms with van der Waals surface area (Å²) in [5, 5.41) is 4.67. The van der Waals surface area contributed by atoms with Crippen molar-refractivity contribution in [1.82, 2.24) is 19.8 Å². The summed E-state index contributed by atoms with van der Waals surface area (Å²) in [6, 6.07) is 3.97. The molecule has 4 heterocycles. The van der Waals surface area contributed by atoms with E-state index in [1.165, 1.54) is 11.3 Å². The minimum atomic E-state index is -0.262. The predicted molar refractivity (Wildman–Crippen MR) is 112 cm³/mol. The average molecular weight is 419 g/mol. The van der Waals surface area contributed by atoms with E-state index >= 15 is 0 Å². The van der Waals surface area contributed by atoms with Crippen molar-refractivity contribution in [2.75, 3.05) is 32.8 Å². The van der Waals surface area contributed by atoms with Crippen LogP contribution in [0, 0.1) is 0 Å². The molecule has 0 radical (unpaired) electrons. The largest absolute Gasteiger partial charge is 0.450 e. The third-order valence-electron chi connectivity index (χ3n) is 5.03. The van der Waals surface area contributed by atoms with Crippen molar-refractivity contribution in [3.63, 3.8) is 0 Å². The summed E-state index contributed by atoms with van der Waals surface area (Å²) in [6.45, 7) is 6.88. The molecule has 3 aromatic rings. The van der Waals surface area contributed by atoms with Gasteiger partial charge in [-0.05, 0) is 25.3 Å². The number of hydrogen-bond donors (Lipinski definition) is 1. The molecule has 148 valence electrons. The lowest BCUT2D eigenvalue weighted by atomic mass is 10.2. The number of aromatic nitrogens is 2. The van der Waals surface area contributed by atoms with Crippen LogP contribution in [0.3, 0.4) is 0 Å². The van der Waals surface area contributed by atoms with Gasteiger partial charge in [0.05, 0.1) is 18.0 Å². The average Bonchev–Trinajstić information content (AvgIpc) is 3.37. The van der Waals surface area contributed by atoms with E-state index in [-0.39, 0.29) is 17.7 Å². The zero-order chi connectivity index (χ0) is 19.7. The number of H-pyrrole nitrogens is 1. The van der Waals surface area contributed by atoms with E-state index in [0.717, 1.165) is 15.3 Å². The molecular formula is C19H22N4O3S2. The van der Waals surface area contributed by atoms with Gasteiger partial charge in [-0.25, -0.2) is 9.78 Å². The first-order valence-corrected chi connectivity index (χ1v) is 11.1. The Morgan fingerprint density at radius 2 is 2.11 bits per heavy atom. The van der Waals surface area contributed by atoms with Crippen molar-refractivity contribution >= 4 is 39.0 Å². The highest BCUT2D eigenvalue weighted by atomic mass is 32.1. The summed E-state index contributed by atoms with van der Waals surface area (Å²) in [6.07, 6.45) is -0.262. The molecular weight excluding hydrogens is 396 g/mol. The Balaban J connectivity index is 1.53. The van der Waals surface area contributed by atoms with Crippen molar-refractivity contribution in [2.45, 2.75) is 19.9 Å². The highest BCUT2D eigenvalue weighted by molar-refractivity contribution is 7.18. The molecule has 0 unspecified atom stereocenters. The van der Waals surface area contributed by atoms with Crippen LogP contribution >= 0.6 is 22.7 Å².